The van der Waals surface area contributed by atoms with Crippen LogP contribution >= 0.6 is 7.75 Å². The molecular weight excluding hydrogens is 565 g/mol. The number of carbonyl (C=O) groups excluding carboxylic acids is 1. The van der Waals surface area contributed by atoms with Crippen LogP contribution in [-0.2, 0) is 27.9 Å². The number of rotatable bonds is 12. The summed E-state index contributed by atoms with van der Waals surface area (Å²) in [5.74, 6) is -5.34. The van der Waals surface area contributed by atoms with E-state index in [1.165, 1.54) is 38.1 Å². The smallest absolute Gasteiger partial charge is 0.406 e. The summed E-state index contributed by atoms with van der Waals surface area (Å²) in [7, 11) is -4.56. The zero-order valence-electron chi connectivity index (χ0n) is 21.4. The van der Waals surface area contributed by atoms with E-state index in [1.54, 1.807) is 6.92 Å². The number of non-ortho nitro benzene ring substituents is 1. The number of hydrogen-bond donors (Lipinski definition) is 3. The molecule has 4 N–H and O–H groups in total. The van der Waals surface area contributed by atoms with Gasteiger partial charge in [0.1, 0.15) is 18.5 Å². The third kappa shape index (κ3) is 7.01. The molecule has 1 aliphatic heterocycles. The lowest BCUT2D eigenvalue weighted by atomic mass is 10.1. The van der Waals surface area contributed by atoms with Crippen LogP contribution in [0.4, 0.5) is 20.4 Å². The summed E-state index contributed by atoms with van der Waals surface area (Å²) in [6.07, 6.45) is -7.11. The van der Waals surface area contributed by atoms with Crippen molar-refractivity contribution >= 4 is 25.4 Å². The van der Waals surface area contributed by atoms with Crippen molar-refractivity contribution in [3.05, 3.63) is 56.8 Å². The third-order valence-electron chi connectivity index (χ3n) is 5.65. The van der Waals surface area contributed by atoms with Gasteiger partial charge in [-0.05, 0) is 38.5 Å². The first-order valence-corrected chi connectivity index (χ1v) is 13.3. The first kappa shape index (κ1) is 31.1. The first-order valence-electron chi connectivity index (χ1n) is 11.7. The average molecular weight is 592 g/mol. The molecule has 0 radical (unpaired) electrons. The minimum atomic E-state index is -4.56. The van der Waals surface area contributed by atoms with Crippen molar-refractivity contribution in [3.8, 4) is 0 Å². The van der Waals surface area contributed by atoms with Crippen LogP contribution in [0.1, 0.15) is 38.7 Å². The highest BCUT2D eigenvalue weighted by molar-refractivity contribution is 7.51. The van der Waals surface area contributed by atoms with Gasteiger partial charge in [-0.15, -0.1) is 0 Å². The highest BCUT2D eigenvalue weighted by Gasteiger charge is 2.60. The van der Waals surface area contributed by atoms with Gasteiger partial charge in [0.2, 0.25) is 12.2 Å². The second kappa shape index (κ2) is 12.4. The molecule has 0 saturated carbocycles. The number of esters is 1. The van der Waals surface area contributed by atoms with Crippen molar-refractivity contribution in [1.29, 1.82) is 0 Å². The number of nitrogens with two attached hydrogens (primary N) is 1. The van der Waals surface area contributed by atoms with Crippen molar-refractivity contribution in [1.82, 2.24) is 19.6 Å². The fourth-order valence-corrected chi connectivity index (χ4v) is 5.24. The number of aliphatic hydroxyl groups excluding tert-OH is 1. The molecule has 220 valence electrons. The number of ether oxygens (including phenoxy) is 2. The van der Waals surface area contributed by atoms with Crippen LogP contribution in [0.5, 0.6) is 0 Å². The van der Waals surface area contributed by atoms with Gasteiger partial charge >= 0.3 is 25.3 Å². The minimum Gasteiger partial charge on any atom is -0.465 e. The van der Waals surface area contributed by atoms with E-state index in [1.807, 2.05) is 0 Å². The van der Waals surface area contributed by atoms with E-state index in [-0.39, 0.29) is 12.3 Å². The van der Waals surface area contributed by atoms with Crippen molar-refractivity contribution in [2.45, 2.75) is 57.3 Å². The molecule has 40 heavy (non-hydrogen) atoms. The molecule has 0 spiro atoms. The number of nitrogen functional groups attached to an aromatic ring is 1. The number of benzene rings is 1. The molecule has 3 unspecified atom stereocenters. The lowest BCUT2D eigenvalue weighted by Gasteiger charge is -2.26. The topological polar surface area (TPSA) is 220 Å². The molecule has 16 nitrogen and oxygen atoms in total. The Balaban J connectivity index is 1.82. The standard InChI is InChI=1S/C21H27F2N6O10P/c1-4-36-17(31)11(2)27-40(35,39-12(3)13-5-7-14(8-6-13)29(33)34)37-9-15-16(30)21(22,23)18(38-15)28-10-25-19(24)26-20(28)32/h5-8,10-12,15-16,18,30H,4,9H2,1-3H3,(H,27,35)(H2,24,26,32)/t11-,12?,15+,16?,18+,40?/m0/s1. The Kier molecular flexibility index (Phi) is 9.65. The van der Waals surface area contributed by atoms with E-state index >= 15 is 0 Å². The van der Waals surface area contributed by atoms with Crippen LogP contribution in [-0.4, -0.2) is 67.9 Å². The first-order chi connectivity index (χ1) is 18.7. The number of hydrogen-bond acceptors (Lipinski definition) is 13. The van der Waals surface area contributed by atoms with Gasteiger partial charge in [0.25, 0.3) is 5.69 Å². The van der Waals surface area contributed by atoms with Gasteiger partial charge in [0.15, 0.2) is 6.10 Å². The van der Waals surface area contributed by atoms with Crippen molar-refractivity contribution in [2.75, 3.05) is 18.9 Å². The molecule has 0 amide bonds. The Morgan fingerprint density at radius 3 is 2.60 bits per heavy atom. The SMILES string of the molecule is CCOC(=O)[C@H](C)NP(=O)(OC[C@H]1O[C@@H](n2cnc(N)nc2=O)C(F)(F)C1O)OC(C)c1ccc([N+](=O)[O-])cc1. The molecule has 1 fully saturated rings. The summed E-state index contributed by atoms with van der Waals surface area (Å²) in [6.45, 7) is 3.30. The predicted molar refractivity (Wildman–Crippen MR) is 131 cm³/mol. The maximum Gasteiger partial charge on any atom is 0.406 e. The molecule has 1 saturated heterocycles. The molecule has 2 heterocycles. The molecule has 2 aromatic rings. The average Bonchev–Trinajstić information content (AvgIpc) is 3.11. The quantitative estimate of drug-likeness (QED) is 0.138. The fraction of sp³-hybridized carbons (Fsp3) is 0.524. The highest BCUT2D eigenvalue weighted by Crippen LogP contribution is 2.50. The van der Waals surface area contributed by atoms with Gasteiger partial charge in [-0.3, -0.25) is 24.0 Å². The Morgan fingerprint density at radius 1 is 1.38 bits per heavy atom. The van der Waals surface area contributed by atoms with E-state index in [9.17, 15) is 38.2 Å². The Morgan fingerprint density at radius 2 is 2.02 bits per heavy atom. The number of halogens is 2. The van der Waals surface area contributed by atoms with E-state index in [2.05, 4.69) is 15.1 Å². The normalized spacial score (nSPS) is 23.2. The van der Waals surface area contributed by atoms with Gasteiger partial charge < -0.3 is 20.3 Å². The monoisotopic (exact) mass is 592 g/mol. The number of nitrogens with zero attached hydrogens (tertiary/aromatic N) is 4. The Bertz CT molecular complexity index is 1330. The number of aromatic nitrogens is 3. The Labute approximate surface area is 225 Å². The third-order valence-corrected chi connectivity index (χ3v) is 7.43. The maximum absolute atomic E-state index is 14.9. The van der Waals surface area contributed by atoms with E-state index < -0.39 is 73.4 Å². The molecule has 3 rings (SSSR count). The van der Waals surface area contributed by atoms with Crippen LogP contribution in [0, 0.1) is 10.1 Å². The molecule has 1 aromatic heterocycles. The fourth-order valence-electron chi connectivity index (χ4n) is 3.59. The summed E-state index contributed by atoms with van der Waals surface area (Å²) in [4.78, 5) is 41.2. The second-order valence-corrected chi connectivity index (χ2v) is 10.3. The Hall–Kier alpha value is -3.41. The number of carbonyl (C=O) groups is 1. The van der Waals surface area contributed by atoms with Crippen LogP contribution in [0.3, 0.4) is 0 Å². The van der Waals surface area contributed by atoms with E-state index in [0.717, 1.165) is 0 Å². The van der Waals surface area contributed by atoms with Gasteiger partial charge in [-0.1, -0.05) is 0 Å². The number of alkyl halides is 2. The number of nitrogens with one attached hydrogen (secondary N) is 1. The molecule has 0 bridgehead atoms. The molecule has 1 aliphatic rings. The number of aliphatic hydroxyl groups is 1. The van der Waals surface area contributed by atoms with Crippen LogP contribution in [0.15, 0.2) is 35.4 Å². The van der Waals surface area contributed by atoms with E-state index in [0.29, 0.717) is 16.5 Å². The zero-order chi connectivity index (χ0) is 29.8. The van der Waals surface area contributed by atoms with Crippen LogP contribution in [0.25, 0.3) is 0 Å². The molecule has 19 heteroatoms. The van der Waals surface area contributed by atoms with Crippen LogP contribution in [0.2, 0.25) is 0 Å². The summed E-state index contributed by atoms with van der Waals surface area (Å²) in [5.41, 5.74) is 4.17. The number of anilines is 1. The van der Waals surface area contributed by atoms with Gasteiger partial charge in [-0.25, -0.2) is 24.0 Å². The lowest BCUT2D eigenvalue weighted by molar-refractivity contribution is -0.384. The number of nitro groups is 1. The summed E-state index contributed by atoms with van der Waals surface area (Å²) in [6, 6.07) is 3.78. The lowest BCUT2D eigenvalue weighted by Crippen LogP contribution is -2.42. The molecule has 1 aromatic carbocycles. The summed E-state index contributed by atoms with van der Waals surface area (Å²) >= 11 is 0. The van der Waals surface area contributed by atoms with Crippen molar-refractivity contribution < 1.29 is 46.7 Å². The van der Waals surface area contributed by atoms with E-state index in [4.69, 9.17) is 24.3 Å². The molecule has 0 aliphatic carbocycles. The second-order valence-electron chi connectivity index (χ2n) is 8.54. The highest BCUT2D eigenvalue weighted by atomic mass is 31.2. The molecule has 6 atom stereocenters. The minimum absolute atomic E-state index is 0.00284. The predicted octanol–water partition coefficient (Wildman–Crippen LogP) is 1.47. The zero-order valence-corrected chi connectivity index (χ0v) is 22.3. The van der Waals surface area contributed by atoms with Gasteiger partial charge in [0, 0.05) is 12.1 Å². The summed E-state index contributed by atoms with van der Waals surface area (Å²) < 4.78 is 64.6. The largest absolute Gasteiger partial charge is 0.465 e. The number of nitro benzene ring substituents is 1. The maximum atomic E-state index is 14.9. The molecular formula is C21H27F2N6O10P. The van der Waals surface area contributed by atoms with Crippen molar-refractivity contribution in [2.24, 2.45) is 0 Å². The van der Waals surface area contributed by atoms with Gasteiger partial charge in [-0.2, -0.15) is 13.8 Å². The van der Waals surface area contributed by atoms with Gasteiger partial charge in [0.05, 0.1) is 24.2 Å². The van der Waals surface area contributed by atoms with Crippen molar-refractivity contribution in [3.63, 3.8) is 0 Å². The van der Waals surface area contributed by atoms with Crippen LogP contribution < -0.4 is 16.5 Å². The summed E-state index contributed by atoms with van der Waals surface area (Å²) in [5, 5.41) is 23.5.